The molecular weight excluding hydrogens is 514 g/mol. The average molecular weight is 539 g/mol. The molecule has 1 saturated heterocycles. The number of nitrogens with zero attached hydrogens (tertiary/aromatic N) is 6. The summed E-state index contributed by atoms with van der Waals surface area (Å²) in [7, 11) is 2.10. The molecule has 1 saturated carbocycles. The first-order valence-corrected chi connectivity index (χ1v) is 13.1. The number of hydrogen-bond donors (Lipinski definition) is 2. The maximum atomic E-state index is 14.3. The zero-order chi connectivity index (χ0) is 25.5. The van der Waals surface area contributed by atoms with Gasteiger partial charge in [-0.2, -0.15) is 0 Å². The molecule has 2 aliphatic rings. The molecule has 2 fully saturated rings. The van der Waals surface area contributed by atoms with E-state index in [9.17, 15) is 4.39 Å². The van der Waals surface area contributed by atoms with Gasteiger partial charge in [-0.05, 0) is 68.5 Å². The van der Waals surface area contributed by atoms with Crippen molar-refractivity contribution in [3.05, 3.63) is 58.3 Å². The Kier molecular flexibility index (Phi) is 6.52. The number of pyridine rings is 3. The second-order valence-electron chi connectivity index (χ2n) is 9.50. The molecule has 2 N–H and O–H groups in total. The van der Waals surface area contributed by atoms with Crippen molar-refractivity contribution in [3.63, 3.8) is 0 Å². The molecule has 0 radical (unpaired) electrons. The van der Waals surface area contributed by atoms with Gasteiger partial charge in [-0.1, -0.05) is 23.2 Å². The lowest BCUT2D eigenvalue weighted by atomic mass is 10.0. The number of rotatable bonds is 6. The predicted molar refractivity (Wildman–Crippen MR) is 144 cm³/mol. The molecule has 8 nitrogen and oxygen atoms in total. The summed E-state index contributed by atoms with van der Waals surface area (Å²) in [6.45, 7) is 1.94. The summed E-state index contributed by atoms with van der Waals surface area (Å²) < 4.78 is 14.3. The Morgan fingerprint density at radius 1 is 1.03 bits per heavy atom. The number of fused-ring (bicyclic) bond motifs is 1. The fourth-order valence-corrected chi connectivity index (χ4v) is 5.17. The van der Waals surface area contributed by atoms with Gasteiger partial charge >= 0.3 is 0 Å². The Morgan fingerprint density at radius 2 is 1.84 bits per heavy atom. The van der Waals surface area contributed by atoms with Crippen molar-refractivity contribution >= 4 is 51.6 Å². The Morgan fingerprint density at radius 3 is 2.59 bits per heavy atom. The molecule has 37 heavy (non-hydrogen) atoms. The SMILES string of the molecule is CN(c1nc(-c2ccnc(Nc3ncc(Cl)cc3F)c2)nc2c(Cl)ncc(C3CC3)c12)C1CCNCC1. The summed E-state index contributed by atoms with van der Waals surface area (Å²) in [4.78, 5) is 25.0. The fourth-order valence-electron chi connectivity index (χ4n) is 4.84. The van der Waals surface area contributed by atoms with Crippen LogP contribution in [0.2, 0.25) is 10.2 Å². The maximum Gasteiger partial charge on any atom is 0.167 e. The van der Waals surface area contributed by atoms with Crippen molar-refractivity contribution in [1.29, 1.82) is 0 Å². The van der Waals surface area contributed by atoms with Gasteiger partial charge in [-0.25, -0.2) is 29.3 Å². The molecule has 5 heterocycles. The first-order chi connectivity index (χ1) is 18.0. The van der Waals surface area contributed by atoms with E-state index in [1.165, 1.54) is 12.3 Å². The highest BCUT2D eigenvalue weighted by molar-refractivity contribution is 6.34. The van der Waals surface area contributed by atoms with Gasteiger partial charge in [0.05, 0.1) is 10.4 Å². The van der Waals surface area contributed by atoms with Crippen LogP contribution in [0, 0.1) is 5.82 Å². The molecule has 190 valence electrons. The van der Waals surface area contributed by atoms with Gasteiger partial charge < -0.3 is 15.5 Å². The molecule has 0 unspecified atom stereocenters. The number of anilines is 3. The van der Waals surface area contributed by atoms with E-state index in [1.807, 2.05) is 12.3 Å². The Labute approximate surface area is 223 Å². The number of aromatic nitrogens is 5. The van der Waals surface area contributed by atoms with Crippen molar-refractivity contribution in [2.75, 3.05) is 30.4 Å². The number of halogens is 3. The van der Waals surface area contributed by atoms with E-state index in [0.29, 0.717) is 39.8 Å². The van der Waals surface area contributed by atoms with E-state index < -0.39 is 5.82 Å². The predicted octanol–water partition coefficient (Wildman–Crippen LogP) is 5.74. The molecule has 1 aliphatic carbocycles. The van der Waals surface area contributed by atoms with E-state index >= 15 is 0 Å². The Balaban J connectivity index is 1.45. The second kappa shape index (κ2) is 9.96. The van der Waals surface area contributed by atoms with Crippen LogP contribution >= 0.6 is 23.2 Å². The quantitative estimate of drug-likeness (QED) is 0.300. The number of piperidine rings is 1. The standard InChI is InChI=1S/C26H25Cl2FN8/c1-37(17-5-7-30-8-6-17)26-21-18(14-2-3-14)13-32-23(28)22(21)35-24(36-26)15-4-9-31-20(10-15)34-25-19(29)11-16(27)12-33-25/h4,9-14,17,30H,2-3,5-8H2,1H3,(H,31,33,34). The number of hydrogen-bond acceptors (Lipinski definition) is 8. The van der Waals surface area contributed by atoms with Gasteiger partial charge in [0.2, 0.25) is 0 Å². The van der Waals surface area contributed by atoms with Gasteiger partial charge in [0.15, 0.2) is 22.6 Å². The molecule has 0 aromatic carbocycles. The smallest absolute Gasteiger partial charge is 0.167 e. The third kappa shape index (κ3) is 4.91. The third-order valence-corrected chi connectivity index (χ3v) is 7.45. The lowest BCUT2D eigenvalue weighted by Crippen LogP contribution is -2.41. The fraction of sp³-hybridized carbons (Fsp3) is 0.346. The Bertz CT molecular complexity index is 1470. The van der Waals surface area contributed by atoms with E-state index in [0.717, 1.165) is 55.5 Å². The summed E-state index contributed by atoms with van der Waals surface area (Å²) >= 11 is 12.5. The van der Waals surface area contributed by atoms with Crippen LogP contribution < -0.4 is 15.5 Å². The van der Waals surface area contributed by atoms with Crippen LogP contribution in [0.15, 0.2) is 36.8 Å². The zero-order valence-electron chi connectivity index (χ0n) is 20.2. The van der Waals surface area contributed by atoms with Crippen molar-refractivity contribution in [3.8, 4) is 11.4 Å². The maximum absolute atomic E-state index is 14.3. The molecule has 0 amide bonds. The molecule has 0 spiro atoms. The van der Waals surface area contributed by atoms with Crippen LogP contribution in [-0.2, 0) is 0 Å². The van der Waals surface area contributed by atoms with Gasteiger partial charge in [0.1, 0.15) is 17.2 Å². The summed E-state index contributed by atoms with van der Waals surface area (Å²) in [6, 6.07) is 5.12. The van der Waals surface area contributed by atoms with Crippen LogP contribution in [-0.4, -0.2) is 51.1 Å². The summed E-state index contributed by atoms with van der Waals surface area (Å²) in [6.07, 6.45) is 9.19. The molecule has 1 aliphatic heterocycles. The van der Waals surface area contributed by atoms with E-state index in [4.69, 9.17) is 33.2 Å². The van der Waals surface area contributed by atoms with Crippen LogP contribution in [0.5, 0.6) is 0 Å². The van der Waals surface area contributed by atoms with E-state index in [1.54, 1.807) is 12.3 Å². The highest BCUT2D eigenvalue weighted by Crippen LogP contribution is 2.46. The first-order valence-electron chi connectivity index (χ1n) is 12.3. The molecule has 4 aromatic heterocycles. The minimum atomic E-state index is -0.571. The summed E-state index contributed by atoms with van der Waals surface area (Å²) in [5.74, 6) is 1.67. The van der Waals surface area contributed by atoms with E-state index in [2.05, 4.69) is 37.5 Å². The van der Waals surface area contributed by atoms with Crippen LogP contribution in [0.4, 0.5) is 21.8 Å². The highest BCUT2D eigenvalue weighted by atomic mass is 35.5. The van der Waals surface area contributed by atoms with Crippen LogP contribution in [0.1, 0.15) is 37.2 Å². The lowest BCUT2D eigenvalue weighted by molar-refractivity contribution is 0.442. The van der Waals surface area contributed by atoms with Crippen LogP contribution in [0.3, 0.4) is 0 Å². The molecule has 6 rings (SSSR count). The molecule has 4 aromatic rings. The average Bonchev–Trinajstić information content (AvgIpc) is 3.76. The monoisotopic (exact) mass is 538 g/mol. The highest BCUT2D eigenvalue weighted by Gasteiger charge is 2.31. The van der Waals surface area contributed by atoms with Crippen molar-refractivity contribution in [2.24, 2.45) is 0 Å². The molecule has 11 heteroatoms. The van der Waals surface area contributed by atoms with Gasteiger partial charge in [-0.3, -0.25) is 0 Å². The normalized spacial score (nSPS) is 16.2. The minimum absolute atomic E-state index is 0.0288. The molecule has 0 atom stereocenters. The van der Waals surface area contributed by atoms with Crippen LogP contribution in [0.25, 0.3) is 22.3 Å². The third-order valence-electron chi connectivity index (χ3n) is 6.97. The van der Waals surface area contributed by atoms with Gasteiger partial charge in [0, 0.05) is 37.2 Å². The molecular formula is C26H25Cl2FN8. The Hall–Kier alpha value is -3.14. The largest absolute Gasteiger partial charge is 0.356 e. The van der Waals surface area contributed by atoms with Gasteiger partial charge in [0.25, 0.3) is 0 Å². The summed E-state index contributed by atoms with van der Waals surface area (Å²) in [5, 5.41) is 7.89. The van der Waals surface area contributed by atoms with E-state index in [-0.39, 0.29) is 10.8 Å². The van der Waals surface area contributed by atoms with Crippen molar-refractivity contribution in [2.45, 2.75) is 37.6 Å². The van der Waals surface area contributed by atoms with Crippen molar-refractivity contribution in [1.82, 2.24) is 30.2 Å². The topological polar surface area (TPSA) is 91.8 Å². The first kappa shape index (κ1) is 24.2. The lowest BCUT2D eigenvalue weighted by Gasteiger charge is -2.33. The van der Waals surface area contributed by atoms with Gasteiger partial charge in [-0.15, -0.1) is 0 Å². The summed E-state index contributed by atoms with van der Waals surface area (Å²) in [5.41, 5.74) is 2.51. The number of nitrogens with one attached hydrogen (secondary N) is 2. The van der Waals surface area contributed by atoms with Crippen molar-refractivity contribution < 1.29 is 4.39 Å². The minimum Gasteiger partial charge on any atom is -0.356 e. The zero-order valence-corrected chi connectivity index (χ0v) is 21.7. The second-order valence-corrected chi connectivity index (χ2v) is 10.3. The molecule has 0 bridgehead atoms.